The van der Waals surface area contributed by atoms with E-state index in [0.29, 0.717) is 18.2 Å². The van der Waals surface area contributed by atoms with Crippen LogP contribution in [0.1, 0.15) is 37.1 Å². The van der Waals surface area contributed by atoms with Crippen LogP contribution in [0.5, 0.6) is 0 Å². The number of ether oxygens (including phenoxy) is 1. The Morgan fingerprint density at radius 3 is 2.65 bits per heavy atom. The number of aromatic nitrogens is 3. The van der Waals surface area contributed by atoms with Crippen LogP contribution >= 0.6 is 0 Å². The van der Waals surface area contributed by atoms with Crippen molar-refractivity contribution in [3.05, 3.63) is 41.7 Å². The summed E-state index contributed by atoms with van der Waals surface area (Å²) in [6, 6.07) is 8.92. The van der Waals surface area contributed by atoms with Gasteiger partial charge in [0.15, 0.2) is 5.69 Å². The summed E-state index contributed by atoms with van der Waals surface area (Å²) < 4.78 is 45.8. The number of nitrogens with one attached hydrogen (secondary N) is 1. The maximum Gasteiger partial charge on any atom is 0.435 e. The Kier molecular flexibility index (Phi) is 4.26. The van der Waals surface area contributed by atoms with Gasteiger partial charge in [-0.2, -0.15) is 18.3 Å². The van der Waals surface area contributed by atoms with E-state index in [2.05, 4.69) is 16.1 Å². The number of halogens is 3. The van der Waals surface area contributed by atoms with E-state index in [1.165, 1.54) is 10.4 Å². The van der Waals surface area contributed by atoms with E-state index in [1.807, 2.05) is 18.2 Å². The van der Waals surface area contributed by atoms with Crippen LogP contribution in [0, 0.1) is 0 Å². The lowest BCUT2D eigenvalue weighted by atomic mass is 9.96. The highest BCUT2D eigenvalue weighted by molar-refractivity contribution is 5.85. The third-order valence-electron chi connectivity index (χ3n) is 4.97. The summed E-state index contributed by atoms with van der Waals surface area (Å²) in [5, 5.41) is 4.71. The van der Waals surface area contributed by atoms with E-state index in [0.717, 1.165) is 48.6 Å². The molecule has 4 nitrogen and oxygen atoms in total. The summed E-state index contributed by atoms with van der Waals surface area (Å²) in [6.07, 6.45) is -2.47. The van der Waals surface area contributed by atoms with Crippen LogP contribution in [-0.4, -0.2) is 28.0 Å². The summed E-state index contributed by atoms with van der Waals surface area (Å²) >= 11 is 0. The Morgan fingerprint density at radius 1 is 1.19 bits per heavy atom. The molecule has 1 aliphatic heterocycles. The smallest absolute Gasteiger partial charge is 0.381 e. The predicted octanol–water partition coefficient (Wildman–Crippen LogP) is 4.96. The molecule has 0 amide bonds. The van der Waals surface area contributed by atoms with Crippen molar-refractivity contribution in [1.29, 1.82) is 0 Å². The third-order valence-corrected chi connectivity index (χ3v) is 4.97. The van der Waals surface area contributed by atoms with Crippen LogP contribution in [-0.2, 0) is 17.5 Å². The van der Waals surface area contributed by atoms with Gasteiger partial charge in [0, 0.05) is 47.8 Å². The van der Waals surface area contributed by atoms with Crippen molar-refractivity contribution in [1.82, 2.24) is 14.8 Å². The number of nitrogens with zero attached hydrogens (tertiary/aromatic N) is 2. The van der Waals surface area contributed by atoms with Crippen molar-refractivity contribution in [2.45, 2.75) is 38.4 Å². The molecule has 1 aliphatic rings. The van der Waals surface area contributed by atoms with Gasteiger partial charge in [-0.3, -0.25) is 4.68 Å². The molecule has 0 unspecified atom stereocenters. The number of alkyl halides is 3. The number of aromatic amines is 1. The maximum absolute atomic E-state index is 13.0. The zero-order valence-electron chi connectivity index (χ0n) is 14.4. The number of hydrogen-bond acceptors (Lipinski definition) is 2. The monoisotopic (exact) mass is 363 g/mol. The Morgan fingerprint density at radius 2 is 1.96 bits per heavy atom. The predicted molar refractivity (Wildman–Crippen MR) is 93.0 cm³/mol. The molecule has 138 valence electrons. The fourth-order valence-corrected chi connectivity index (χ4v) is 3.57. The molecule has 1 aromatic carbocycles. The van der Waals surface area contributed by atoms with Gasteiger partial charge in [-0.25, -0.2) is 0 Å². The molecule has 0 radical (unpaired) electrons. The minimum atomic E-state index is -4.44. The van der Waals surface area contributed by atoms with Gasteiger partial charge in [0.05, 0.1) is 5.69 Å². The summed E-state index contributed by atoms with van der Waals surface area (Å²) in [5.41, 5.74) is 2.52. The molecular weight excluding hydrogens is 343 g/mol. The number of hydrogen-bond donors (Lipinski definition) is 1. The minimum Gasteiger partial charge on any atom is -0.381 e. The molecule has 0 bridgehead atoms. The fraction of sp³-hybridized carbons (Fsp3) is 0.421. The van der Waals surface area contributed by atoms with E-state index in [9.17, 15) is 13.2 Å². The SMILES string of the molecule is CCn1nc(C(F)(F)F)cc1-c1ccc2[nH]c(C3CCOCC3)cc2c1. The van der Waals surface area contributed by atoms with Crippen molar-refractivity contribution in [2.75, 3.05) is 13.2 Å². The molecule has 26 heavy (non-hydrogen) atoms. The second-order valence-electron chi connectivity index (χ2n) is 6.64. The molecule has 0 atom stereocenters. The van der Waals surface area contributed by atoms with Gasteiger partial charge in [-0.05, 0) is 44.0 Å². The van der Waals surface area contributed by atoms with Gasteiger partial charge in [-0.15, -0.1) is 0 Å². The standard InChI is InChI=1S/C19H20F3N3O/c1-2-25-17(11-18(24-25)19(20,21)22)13-3-4-15-14(9-13)10-16(23-15)12-5-7-26-8-6-12/h3-4,9-12,23H,2,5-8H2,1H3. The van der Waals surface area contributed by atoms with Crippen molar-refractivity contribution in [2.24, 2.45) is 0 Å². The second-order valence-corrected chi connectivity index (χ2v) is 6.64. The lowest BCUT2D eigenvalue weighted by molar-refractivity contribution is -0.141. The van der Waals surface area contributed by atoms with Gasteiger partial charge < -0.3 is 9.72 Å². The van der Waals surface area contributed by atoms with Crippen molar-refractivity contribution < 1.29 is 17.9 Å². The highest BCUT2D eigenvalue weighted by Crippen LogP contribution is 2.34. The lowest BCUT2D eigenvalue weighted by Crippen LogP contribution is -2.14. The van der Waals surface area contributed by atoms with Crippen molar-refractivity contribution in [3.63, 3.8) is 0 Å². The number of benzene rings is 1. The average molecular weight is 363 g/mol. The summed E-state index contributed by atoms with van der Waals surface area (Å²) in [4.78, 5) is 3.44. The molecule has 3 aromatic rings. The van der Waals surface area contributed by atoms with E-state index in [1.54, 1.807) is 6.92 Å². The number of aryl methyl sites for hydroxylation is 1. The largest absolute Gasteiger partial charge is 0.435 e. The summed E-state index contributed by atoms with van der Waals surface area (Å²) in [6.45, 7) is 3.70. The Labute approximate surface area is 149 Å². The Hall–Kier alpha value is -2.28. The number of fused-ring (bicyclic) bond motifs is 1. The van der Waals surface area contributed by atoms with Crippen LogP contribution in [0.2, 0.25) is 0 Å². The highest BCUT2D eigenvalue weighted by atomic mass is 19.4. The minimum absolute atomic E-state index is 0.379. The molecule has 1 saturated heterocycles. The second kappa shape index (κ2) is 6.46. The summed E-state index contributed by atoms with van der Waals surface area (Å²) in [7, 11) is 0. The molecule has 1 N–H and O–H groups in total. The van der Waals surface area contributed by atoms with Crippen molar-refractivity contribution >= 4 is 10.9 Å². The van der Waals surface area contributed by atoms with Crippen LogP contribution in [0.3, 0.4) is 0 Å². The molecule has 1 fully saturated rings. The molecule has 2 aromatic heterocycles. The van der Waals surface area contributed by atoms with Crippen LogP contribution in [0.25, 0.3) is 22.2 Å². The molecule has 0 aliphatic carbocycles. The number of H-pyrrole nitrogens is 1. The van der Waals surface area contributed by atoms with E-state index in [-0.39, 0.29) is 0 Å². The molecule has 7 heteroatoms. The van der Waals surface area contributed by atoms with Gasteiger partial charge in [0.2, 0.25) is 0 Å². The topological polar surface area (TPSA) is 42.8 Å². The molecule has 3 heterocycles. The third kappa shape index (κ3) is 3.11. The zero-order chi connectivity index (χ0) is 18.3. The Bertz CT molecular complexity index is 920. The van der Waals surface area contributed by atoms with Crippen LogP contribution in [0.15, 0.2) is 30.3 Å². The van der Waals surface area contributed by atoms with E-state index < -0.39 is 11.9 Å². The molecule has 0 saturated carbocycles. The first-order chi connectivity index (χ1) is 12.5. The van der Waals surface area contributed by atoms with Gasteiger partial charge in [0.1, 0.15) is 0 Å². The average Bonchev–Trinajstić information content (AvgIpc) is 3.25. The highest BCUT2D eigenvalue weighted by Gasteiger charge is 2.35. The first-order valence-electron chi connectivity index (χ1n) is 8.81. The van der Waals surface area contributed by atoms with E-state index in [4.69, 9.17) is 4.74 Å². The van der Waals surface area contributed by atoms with E-state index >= 15 is 0 Å². The quantitative estimate of drug-likeness (QED) is 0.714. The Balaban J connectivity index is 1.72. The van der Waals surface area contributed by atoms with Gasteiger partial charge >= 0.3 is 6.18 Å². The first-order valence-corrected chi connectivity index (χ1v) is 8.81. The van der Waals surface area contributed by atoms with Crippen LogP contribution in [0.4, 0.5) is 13.2 Å². The molecular formula is C19H20F3N3O. The lowest BCUT2D eigenvalue weighted by Gasteiger charge is -2.20. The summed E-state index contributed by atoms with van der Waals surface area (Å²) in [5.74, 6) is 0.442. The zero-order valence-corrected chi connectivity index (χ0v) is 14.4. The normalized spacial score (nSPS) is 16.5. The van der Waals surface area contributed by atoms with Gasteiger partial charge in [0.25, 0.3) is 0 Å². The van der Waals surface area contributed by atoms with Gasteiger partial charge in [-0.1, -0.05) is 6.07 Å². The fourth-order valence-electron chi connectivity index (χ4n) is 3.57. The van der Waals surface area contributed by atoms with Crippen LogP contribution < -0.4 is 0 Å². The first kappa shape index (κ1) is 17.1. The van der Waals surface area contributed by atoms with Crippen molar-refractivity contribution in [3.8, 4) is 11.3 Å². The molecule has 4 rings (SSSR count). The number of rotatable bonds is 3. The molecule has 0 spiro atoms. The maximum atomic E-state index is 13.0.